The van der Waals surface area contributed by atoms with Crippen LogP contribution >= 0.6 is 0 Å². The number of aliphatic hydroxyl groups excluding tert-OH is 3. The molecule has 4 unspecified atom stereocenters. The second-order valence-electron chi connectivity index (χ2n) is 2.25. The standard InChI is InChI=1S/C5H9O5/c6-2-1-10-5(9)4(8)3(2)7/h2-6,8-9H,1H2. The molecule has 1 heterocycles. The lowest BCUT2D eigenvalue weighted by atomic mass is 10.1. The Hall–Kier alpha value is -0.200. The molecule has 10 heavy (non-hydrogen) atoms. The summed E-state index contributed by atoms with van der Waals surface area (Å²) in [6.07, 6.45) is -5.77. The molecule has 1 aliphatic rings. The van der Waals surface area contributed by atoms with E-state index in [1.54, 1.807) is 0 Å². The maximum Gasteiger partial charge on any atom is 0.183 e. The van der Waals surface area contributed by atoms with Crippen LogP contribution in [0.3, 0.4) is 0 Å². The minimum atomic E-state index is -1.57. The maximum absolute atomic E-state index is 10.7. The predicted molar refractivity (Wildman–Crippen MR) is 28.4 cm³/mol. The van der Waals surface area contributed by atoms with Gasteiger partial charge in [0.2, 0.25) is 0 Å². The van der Waals surface area contributed by atoms with Gasteiger partial charge in [0.15, 0.2) is 12.4 Å². The summed E-state index contributed by atoms with van der Waals surface area (Å²) in [5.74, 6) is 0. The monoisotopic (exact) mass is 149 g/mol. The quantitative estimate of drug-likeness (QED) is 0.366. The summed E-state index contributed by atoms with van der Waals surface area (Å²) in [5.41, 5.74) is 0. The topological polar surface area (TPSA) is 89.8 Å². The van der Waals surface area contributed by atoms with Gasteiger partial charge >= 0.3 is 0 Å². The Morgan fingerprint density at radius 2 is 1.90 bits per heavy atom. The molecule has 0 spiro atoms. The summed E-state index contributed by atoms with van der Waals surface area (Å²) in [7, 11) is 0. The van der Waals surface area contributed by atoms with Crippen molar-refractivity contribution in [3.63, 3.8) is 0 Å². The number of ether oxygens (including phenoxy) is 1. The minimum Gasteiger partial charge on any atom is -0.388 e. The molecule has 0 bridgehead atoms. The fraction of sp³-hybridized carbons (Fsp3) is 1.00. The third-order valence-corrected chi connectivity index (χ3v) is 1.45. The van der Waals surface area contributed by atoms with E-state index < -0.39 is 24.6 Å². The molecule has 0 aromatic heterocycles. The molecule has 1 radical (unpaired) electrons. The third kappa shape index (κ3) is 1.28. The molecule has 1 aliphatic heterocycles. The van der Waals surface area contributed by atoms with Crippen molar-refractivity contribution in [1.82, 2.24) is 0 Å². The molecule has 0 saturated carbocycles. The van der Waals surface area contributed by atoms with Crippen LogP contribution in [0.2, 0.25) is 0 Å². The van der Waals surface area contributed by atoms with Crippen molar-refractivity contribution in [3.05, 3.63) is 0 Å². The van der Waals surface area contributed by atoms with Gasteiger partial charge in [0.25, 0.3) is 0 Å². The van der Waals surface area contributed by atoms with Crippen LogP contribution in [0.15, 0.2) is 0 Å². The van der Waals surface area contributed by atoms with Gasteiger partial charge in [0, 0.05) is 0 Å². The van der Waals surface area contributed by atoms with Crippen molar-refractivity contribution in [2.75, 3.05) is 6.61 Å². The zero-order chi connectivity index (χ0) is 7.72. The highest BCUT2D eigenvalue weighted by atomic mass is 16.6. The van der Waals surface area contributed by atoms with E-state index in [1.807, 2.05) is 0 Å². The van der Waals surface area contributed by atoms with Gasteiger partial charge in [-0.3, -0.25) is 0 Å². The smallest absolute Gasteiger partial charge is 0.183 e. The van der Waals surface area contributed by atoms with Gasteiger partial charge in [-0.05, 0) is 0 Å². The fourth-order valence-electron chi connectivity index (χ4n) is 0.780. The largest absolute Gasteiger partial charge is 0.388 e. The van der Waals surface area contributed by atoms with Gasteiger partial charge in [-0.1, -0.05) is 0 Å². The van der Waals surface area contributed by atoms with Gasteiger partial charge in [0.1, 0.15) is 12.2 Å². The zero-order valence-electron chi connectivity index (χ0n) is 5.17. The molecule has 0 aromatic carbocycles. The average Bonchev–Trinajstić information content (AvgIpc) is 1.93. The number of rotatable bonds is 0. The number of aliphatic hydroxyl groups is 3. The lowest BCUT2D eigenvalue weighted by Gasteiger charge is -2.30. The minimum absolute atomic E-state index is 0.216. The van der Waals surface area contributed by atoms with Gasteiger partial charge in [-0.15, -0.1) is 0 Å². The Bertz CT molecular complexity index is 103. The lowest BCUT2D eigenvalue weighted by molar-refractivity contribution is -0.263. The van der Waals surface area contributed by atoms with E-state index in [-0.39, 0.29) is 6.61 Å². The van der Waals surface area contributed by atoms with Gasteiger partial charge < -0.3 is 20.1 Å². The molecule has 0 amide bonds. The molecule has 59 valence electrons. The SMILES string of the molecule is [O]C1C(O)COC(O)C1O. The molecule has 4 atom stereocenters. The van der Waals surface area contributed by atoms with Crippen LogP contribution in [0.25, 0.3) is 0 Å². The van der Waals surface area contributed by atoms with E-state index in [4.69, 9.17) is 15.3 Å². The van der Waals surface area contributed by atoms with Crippen molar-refractivity contribution in [2.45, 2.75) is 24.6 Å². The predicted octanol–water partition coefficient (Wildman–Crippen LogP) is -2.14. The van der Waals surface area contributed by atoms with E-state index in [1.165, 1.54) is 0 Å². The average molecular weight is 149 g/mol. The van der Waals surface area contributed by atoms with E-state index in [0.717, 1.165) is 0 Å². The Balaban J connectivity index is 2.52. The van der Waals surface area contributed by atoms with Gasteiger partial charge in [-0.25, -0.2) is 5.11 Å². The zero-order valence-corrected chi connectivity index (χ0v) is 5.17. The van der Waals surface area contributed by atoms with Crippen LogP contribution in [0, 0.1) is 0 Å². The molecule has 5 heteroatoms. The molecule has 5 nitrogen and oxygen atoms in total. The molecular weight excluding hydrogens is 140 g/mol. The molecule has 0 aromatic rings. The highest BCUT2D eigenvalue weighted by Gasteiger charge is 2.37. The van der Waals surface area contributed by atoms with Crippen LogP contribution in [0.4, 0.5) is 0 Å². The lowest BCUT2D eigenvalue weighted by Crippen LogP contribution is -2.52. The van der Waals surface area contributed by atoms with Gasteiger partial charge in [-0.2, -0.15) is 0 Å². The number of hydrogen-bond acceptors (Lipinski definition) is 4. The van der Waals surface area contributed by atoms with Crippen LogP contribution < -0.4 is 0 Å². The van der Waals surface area contributed by atoms with Crippen molar-refractivity contribution < 1.29 is 25.2 Å². The molecule has 1 saturated heterocycles. The maximum atomic E-state index is 10.7. The molecule has 1 rings (SSSR count). The highest BCUT2D eigenvalue weighted by molar-refractivity contribution is 4.80. The van der Waals surface area contributed by atoms with Gasteiger partial charge in [0.05, 0.1) is 6.61 Å². The second kappa shape index (κ2) is 2.81. The summed E-state index contributed by atoms with van der Waals surface area (Å²) in [5, 5.41) is 36.9. The van der Waals surface area contributed by atoms with Crippen molar-refractivity contribution in [1.29, 1.82) is 0 Å². The van der Waals surface area contributed by atoms with E-state index in [9.17, 15) is 5.11 Å². The number of hydrogen-bond donors (Lipinski definition) is 3. The Morgan fingerprint density at radius 1 is 1.30 bits per heavy atom. The first kappa shape index (κ1) is 7.90. The summed E-state index contributed by atoms with van der Waals surface area (Å²) in [6.45, 7) is -0.216. The summed E-state index contributed by atoms with van der Waals surface area (Å²) in [4.78, 5) is 0. The van der Waals surface area contributed by atoms with Crippen LogP contribution in [-0.2, 0) is 9.84 Å². The van der Waals surface area contributed by atoms with Crippen LogP contribution in [0.1, 0.15) is 0 Å². The summed E-state index contributed by atoms with van der Waals surface area (Å²) >= 11 is 0. The van der Waals surface area contributed by atoms with Crippen LogP contribution in [0.5, 0.6) is 0 Å². The van der Waals surface area contributed by atoms with Crippen molar-refractivity contribution in [3.8, 4) is 0 Å². The first-order valence-electron chi connectivity index (χ1n) is 2.94. The summed E-state index contributed by atoms with van der Waals surface area (Å²) < 4.78 is 4.43. The Morgan fingerprint density at radius 3 is 2.40 bits per heavy atom. The summed E-state index contributed by atoms with van der Waals surface area (Å²) in [6, 6.07) is 0. The van der Waals surface area contributed by atoms with E-state index >= 15 is 0 Å². The van der Waals surface area contributed by atoms with Crippen molar-refractivity contribution >= 4 is 0 Å². The first-order chi connectivity index (χ1) is 4.63. The molecule has 0 aliphatic carbocycles. The van der Waals surface area contributed by atoms with E-state index in [2.05, 4.69) is 4.74 Å². The molecular formula is C5H9O5. The van der Waals surface area contributed by atoms with E-state index in [0.29, 0.717) is 0 Å². The molecule has 1 fully saturated rings. The fourth-order valence-corrected chi connectivity index (χ4v) is 0.780. The third-order valence-electron chi connectivity index (χ3n) is 1.45. The first-order valence-corrected chi connectivity index (χ1v) is 2.94. The highest BCUT2D eigenvalue weighted by Crippen LogP contribution is 2.13. The second-order valence-corrected chi connectivity index (χ2v) is 2.25. The Kier molecular flexibility index (Phi) is 2.22. The normalized spacial score (nSPS) is 49.2. The molecule has 3 N–H and O–H groups in total. The van der Waals surface area contributed by atoms with Crippen molar-refractivity contribution in [2.24, 2.45) is 0 Å². The van der Waals surface area contributed by atoms with Crippen LogP contribution in [-0.4, -0.2) is 46.5 Å². The Labute approximate surface area is 57.5 Å².